The fraction of sp³-hybridized carbons (Fsp3) is 0.208. The second kappa shape index (κ2) is 9.49. The van der Waals surface area contributed by atoms with Crippen molar-refractivity contribution in [1.29, 1.82) is 0 Å². The van der Waals surface area contributed by atoms with E-state index >= 15 is 0 Å². The van der Waals surface area contributed by atoms with Gasteiger partial charge in [0.15, 0.2) is 11.0 Å². The number of anilines is 1. The first-order chi connectivity index (χ1) is 15.0. The molecule has 0 N–H and O–H groups in total. The fourth-order valence-corrected chi connectivity index (χ4v) is 5.00. The summed E-state index contributed by atoms with van der Waals surface area (Å²) in [5.74, 6) is 1.60. The minimum Gasteiger partial charge on any atom is -0.378 e. The van der Waals surface area contributed by atoms with Crippen molar-refractivity contribution in [1.82, 2.24) is 19.7 Å². The van der Waals surface area contributed by atoms with Crippen LogP contribution < -0.4 is 4.90 Å². The van der Waals surface area contributed by atoms with Gasteiger partial charge in [-0.25, -0.2) is 4.98 Å². The van der Waals surface area contributed by atoms with Crippen molar-refractivity contribution in [2.24, 2.45) is 0 Å². The van der Waals surface area contributed by atoms with Crippen molar-refractivity contribution in [3.63, 3.8) is 0 Å². The van der Waals surface area contributed by atoms with E-state index in [9.17, 15) is 0 Å². The lowest BCUT2D eigenvalue weighted by Crippen LogP contribution is -2.08. The molecule has 0 aliphatic heterocycles. The average Bonchev–Trinajstić information content (AvgIpc) is 3.40. The SMILES string of the molecule is C=CCn1c(SCc2csc(-c3cccc(C)c3)n2)nnc1-c1ccc(N(C)C)cc1. The van der Waals surface area contributed by atoms with E-state index in [1.165, 1.54) is 11.1 Å². The van der Waals surface area contributed by atoms with Crippen LogP contribution in [0.15, 0.2) is 71.7 Å². The fourth-order valence-electron chi connectivity index (χ4n) is 3.23. The number of thiazole rings is 1. The van der Waals surface area contributed by atoms with Crippen LogP contribution in [0.3, 0.4) is 0 Å². The maximum Gasteiger partial charge on any atom is 0.192 e. The molecular formula is C24H25N5S2. The molecule has 0 bridgehead atoms. The van der Waals surface area contributed by atoms with Crippen LogP contribution in [0.5, 0.6) is 0 Å². The number of nitrogens with zero attached hydrogens (tertiary/aromatic N) is 5. The highest BCUT2D eigenvalue weighted by Gasteiger charge is 2.15. The summed E-state index contributed by atoms with van der Waals surface area (Å²) in [5, 5.41) is 13.0. The topological polar surface area (TPSA) is 46.8 Å². The van der Waals surface area contributed by atoms with Crippen LogP contribution in [0.1, 0.15) is 11.3 Å². The van der Waals surface area contributed by atoms with Crippen LogP contribution in [0.2, 0.25) is 0 Å². The number of aromatic nitrogens is 4. The van der Waals surface area contributed by atoms with Crippen LogP contribution >= 0.6 is 23.1 Å². The van der Waals surface area contributed by atoms with Gasteiger partial charge in [-0.05, 0) is 37.3 Å². The van der Waals surface area contributed by atoms with Crippen LogP contribution in [0.25, 0.3) is 22.0 Å². The van der Waals surface area contributed by atoms with Crippen LogP contribution in [-0.2, 0) is 12.3 Å². The Morgan fingerprint density at radius 2 is 1.90 bits per heavy atom. The van der Waals surface area contributed by atoms with Gasteiger partial charge in [-0.15, -0.1) is 28.1 Å². The Morgan fingerprint density at radius 3 is 2.61 bits per heavy atom. The van der Waals surface area contributed by atoms with Crippen molar-refractivity contribution in [3.8, 4) is 22.0 Å². The Morgan fingerprint density at radius 1 is 1.10 bits per heavy atom. The average molecular weight is 448 g/mol. The molecule has 5 nitrogen and oxygen atoms in total. The number of rotatable bonds is 8. The first kappa shape index (κ1) is 21.3. The van der Waals surface area contributed by atoms with Gasteiger partial charge in [-0.3, -0.25) is 4.57 Å². The summed E-state index contributed by atoms with van der Waals surface area (Å²) in [6, 6.07) is 16.8. The van der Waals surface area contributed by atoms with E-state index in [4.69, 9.17) is 4.98 Å². The molecule has 0 radical (unpaired) electrons. The molecular weight excluding hydrogens is 422 g/mol. The van der Waals surface area contributed by atoms with Gasteiger partial charge in [-0.1, -0.05) is 41.6 Å². The van der Waals surface area contributed by atoms with Crippen LogP contribution in [0, 0.1) is 6.92 Å². The van der Waals surface area contributed by atoms with Gasteiger partial charge in [0.1, 0.15) is 5.01 Å². The van der Waals surface area contributed by atoms with Crippen LogP contribution in [-0.4, -0.2) is 33.8 Å². The first-order valence-corrected chi connectivity index (χ1v) is 11.9. The van der Waals surface area contributed by atoms with Gasteiger partial charge in [0, 0.05) is 48.6 Å². The maximum atomic E-state index is 4.82. The number of thioether (sulfide) groups is 1. The number of benzene rings is 2. The predicted octanol–water partition coefficient (Wildman–Crippen LogP) is 5.92. The smallest absolute Gasteiger partial charge is 0.192 e. The van der Waals surface area contributed by atoms with Gasteiger partial charge >= 0.3 is 0 Å². The number of aryl methyl sites for hydroxylation is 1. The molecule has 4 rings (SSSR count). The number of hydrogen-bond donors (Lipinski definition) is 0. The maximum absolute atomic E-state index is 4.82. The molecule has 0 saturated carbocycles. The third kappa shape index (κ3) is 4.89. The largest absolute Gasteiger partial charge is 0.378 e. The molecule has 158 valence electrons. The minimum atomic E-state index is 0.658. The van der Waals surface area contributed by atoms with Gasteiger partial charge < -0.3 is 4.90 Å². The molecule has 4 aromatic rings. The normalized spacial score (nSPS) is 10.9. The molecule has 2 heterocycles. The molecule has 0 aliphatic rings. The summed E-state index contributed by atoms with van der Waals surface area (Å²) in [7, 11) is 4.07. The number of hydrogen-bond acceptors (Lipinski definition) is 6. The molecule has 0 unspecified atom stereocenters. The Bertz CT molecular complexity index is 1170. The van der Waals surface area contributed by atoms with Gasteiger partial charge in [0.05, 0.1) is 5.69 Å². The van der Waals surface area contributed by atoms with E-state index in [2.05, 4.69) is 87.1 Å². The van der Waals surface area contributed by atoms with Crippen molar-refractivity contribution < 1.29 is 0 Å². The lowest BCUT2D eigenvalue weighted by Gasteiger charge is -2.13. The highest BCUT2D eigenvalue weighted by atomic mass is 32.2. The lowest BCUT2D eigenvalue weighted by atomic mass is 10.1. The van der Waals surface area contributed by atoms with Crippen LogP contribution in [0.4, 0.5) is 5.69 Å². The van der Waals surface area contributed by atoms with Crippen molar-refractivity contribution in [2.75, 3.05) is 19.0 Å². The molecule has 0 atom stereocenters. The summed E-state index contributed by atoms with van der Waals surface area (Å²) in [5.41, 5.74) is 5.66. The van der Waals surface area contributed by atoms with Gasteiger partial charge in [0.25, 0.3) is 0 Å². The zero-order valence-electron chi connectivity index (χ0n) is 17.9. The second-order valence-electron chi connectivity index (χ2n) is 7.45. The molecule has 0 amide bonds. The third-order valence-corrected chi connectivity index (χ3v) is 6.78. The zero-order valence-corrected chi connectivity index (χ0v) is 19.6. The molecule has 2 aromatic heterocycles. The Hall–Kier alpha value is -2.90. The second-order valence-corrected chi connectivity index (χ2v) is 9.25. The molecule has 31 heavy (non-hydrogen) atoms. The lowest BCUT2D eigenvalue weighted by molar-refractivity contribution is 0.731. The Kier molecular flexibility index (Phi) is 6.53. The van der Waals surface area contributed by atoms with Gasteiger partial charge in [-0.2, -0.15) is 0 Å². The molecule has 2 aromatic carbocycles. The zero-order chi connectivity index (χ0) is 21.8. The summed E-state index contributed by atoms with van der Waals surface area (Å²) >= 11 is 3.33. The molecule has 0 saturated heterocycles. The summed E-state index contributed by atoms with van der Waals surface area (Å²) < 4.78 is 2.11. The molecule has 0 fully saturated rings. The van der Waals surface area contributed by atoms with E-state index < -0.39 is 0 Å². The first-order valence-electron chi connectivity index (χ1n) is 10.0. The summed E-state index contributed by atoms with van der Waals surface area (Å²) in [4.78, 5) is 6.90. The monoisotopic (exact) mass is 447 g/mol. The molecule has 7 heteroatoms. The Balaban J connectivity index is 1.52. The number of allylic oxidation sites excluding steroid dienone is 1. The van der Waals surface area contributed by atoms with E-state index in [1.54, 1.807) is 23.1 Å². The Labute approximate surface area is 191 Å². The minimum absolute atomic E-state index is 0.658. The standard InChI is InChI=1S/C24H25N5S2/c1-5-13-29-22(18-9-11-21(12-10-18)28(3)4)26-27-24(29)31-16-20-15-30-23(25-20)19-8-6-7-17(2)14-19/h5-12,14-15H,1,13,16H2,2-4H3. The predicted molar refractivity (Wildman–Crippen MR) is 132 cm³/mol. The molecule has 0 spiro atoms. The third-order valence-electron chi connectivity index (χ3n) is 4.84. The van der Waals surface area contributed by atoms with Crippen molar-refractivity contribution >= 4 is 28.8 Å². The van der Waals surface area contributed by atoms with E-state index in [-0.39, 0.29) is 0 Å². The van der Waals surface area contributed by atoms with Crippen molar-refractivity contribution in [3.05, 3.63) is 77.8 Å². The summed E-state index contributed by atoms with van der Waals surface area (Å²) in [6.07, 6.45) is 1.88. The highest BCUT2D eigenvalue weighted by molar-refractivity contribution is 7.98. The van der Waals surface area contributed by atoms with Gasteiger partial charge in [0.2, 0.25) is 0 Å². The summed E-state index contributed by atoms with van der Waals surface area (Å²) in [6.45, 7) is 6.67. The van der Waals surface area contributed by atoms with E-state index in [1.807, 2.05) is 20.2 Å². The van der Waals surface area contributed by atoms with Crippen molar-refractivity contribution in [2.45, 2.75) is 24.4 Å². The molecule has 0 aliphatic carbocycles. The van der Waals surface area contributed by atoms with E-state index in [0.29, 0.717) is 6.54 Å². The quantitative estimate of drug-likeness (QED) is 0.248. The highest BCUT2D eigenvalue weighted by Crippen LogP contribution is 2.30. The van der Waals surface area contributed by atoms with E-state index in [0.717, 1.165) is 38.7 Å².